The van der Waals surface area contributed by atoms with E-state index in [-0.39, 0.29) is 5.91 Å². The molecule has 1 aromatic heterocycles. The van der Waals surface area contributed by atoms with Crippen molar-refractivity contribution in [1.29, 1.82) is 0 Å². The molecule has 1 aliphatic carbocycles. The summed E-state index contributed by atoms with van der Waals surface area (Å²) >= 11 is 1.45. The minimum atomic E-state index is -0.0231. The second-order valence-corrected chi connectivity index (χ2v) is 6.81. The summed E-state index contributed by atoms with van der Waals surface area (Å²) in [7, 11) is 3.49. The van der Waals surface area contributed by atoms with Crippen LogP contribution in [0.4, 0.5) is 10.7 Å². The van der Waals surface area contributed by atoms with Gasteiger partial charge in [-0.15, -0.1) is 11.3 Å². The van der Waals surface area contributed by atoms with E-state index in [1.807, 2.05) is 6.07 Å². The summed E-state index contributed by atoms with van der Waals surface area (Å²) in [5, 5.41) is 4.43. The van der Waals surface area contributed by atoms with Gasteiger partial charge in [-0.05, 0) is 30.7 Å². The van der Waals surface area contributed by atoms with Crippen molar-refractivity contribution in [3.05, 3.63) is 10.9 Å². The van der Waals surface area contributed by atoms with Crippen LogP contribution in [0.5, 0.6) is 0 Å². The number of carbonyl (C=O) groups is 1. The molecule has 1 aliphatic rings. The van der Waals surface area contributed by atoms with Crippen LogP contribution in [0.2, 0.25) is 0 Å². The molecule has 5 heteroatoms. The lowest BCUT2D eigenvalue weighted by atomic mass is 10.1. The van der Waals surface area contributed by atoms with Gasteiger partial charge >= 0.3 is 0 Å². The highest BCUT2D eigenvalue weighted by molar-refractivity contribution is 7.18. The van der Waals surface area contributed by atoms with E-state index in [4.69, 9.17) is 5.73 Å². The summed E-state index contributed by atoms with van der Waals surface area (Å²) in [6.45, 7) is 3.30. The normalized spacial score (nSPS) is 22.5. The average Bonchev–Trinajstić information content (AvgIpc) is 2.92. The smallest absolute Gasteiger partial charge is 0.265 e. The number of thiophene rings is 1. The molecule has 106 valence electrons. The molecule has 19 heavy (non-hydrogen) atoms. The summed E-state index contributed by atoms with van der Waals surface area (Å²) < 4.78 is 0. The first-order valence-corrected chi connectivity index (χ1v) is 7.64. The molecule has 0 saturated heterocycles. The summed E-state index contributed by atoms with van der Waals surface area (Å²) in [5.41, 5.74) is 6.48. The fourth-order valence-corrected chi connectivity index (χ4v) is 3.63. The molecule has 3 N–H and O–H groups in total. The zero-order valence-electron chi connectivity index (χ0n) is 11.9. The topological polar surface area (TPSA) is 58.4 Å². The first kappa shape index (κ1) is 14.2. The lowest BCUT2D eigenvalue weighted by molar-refractivity contribution is 0.0833. The van der Waals surface area contributed by atoms with Crippen LogP contribution >= 0.6 is 11.3 Å². The molecule has 0 aliphatic heterocycles. The molecule has 2 atom stereocenters. The van der Waals surface area contributed by atoms with Crippen LogP contribution in [0, 0.1) is 11.8 Å². The van der Waals surface area contributed by atoms with Gasteiger partial charge in [-0.1, -0.05) is 13.3 Å². The Bertz CT molecular complexity index is 456. The monoisotopic (exact) mass is 281 g/mol. The van der Waals surface area contributed by atoms with Crippen LogP contribution < -0.4 is 11.1 Å². The molecule has 0 aromatic carbocycles. The van der Waals surface area contributed by atoms with Gasteiger partial charge in [0.25, 0.3) is 5.91 Å². The van der Waals surface area contributed by atoms with Crippen LogP contribution in [0.15, 0.2) is 6.07 Å². The fourth-order valence-electron chi connectivity index (χ4n) is 2.62. The second-order valence-electron chi connectivity index (χ2n) is 5.76. The Morgan fingerprint density at radius 2 is 2.26 bits per heavy atom. The molecule has 0 bridgehead atoms. The van der Waals surface area contributed by atoms with Gasteiger partial charge < -0.3 is 16.0 Å². The molecule has 0 spiro atoms. The number of hydrogen-bond donors (Lipinski definition) is 2. The van der Waals surface area contributed by atoms with E-state index in [0.29, 0.717) is 10.6 Å². The summed E-state index contributed by atoms with van der Waals surface area (Å²) in [6.07, 6.45) is 3.94. The maximum Gasteiger partial charge on any atom is 0.265 e. The third-order valence-corrected chi connectivity index (χ3v) is 4.83. The molecule has 1 fully saturated rings. The van der Waals surface area contributed by atoms with Crippen LogP contribution in [0.25, 0.3) is 0 Å². The Balaban J connectivity index is 1.95. The van der Waals surface area contributed by atoms with Crippen molar-refractivity contribution in [3.8, 4) is 0 Å². The Hall–Kier alpha value is -1.23. The highest BCUT2D eigenvalue weighted by Crippen LogP contribution is 2.33. The molecule has 2 unspecified atom stereocenters. The average molecular weight is 281 g/mol. The van der Waals surface area contributed by atoms with Crippen molar-refractivity contribution in [2.24, 2.45) is 11.8 Å². The van der Waals surface area contributed by atoms with Crippen LogP contribution in [0.1, 0.15) is 35.9 Å². The third-order valence-electron chi connectivity index (χ3n) is 3.73. The fraction of sp³-hybridized carbons (Fsp3) is 0.643. The summed E-state index contributed by atoms with van der Waals surface area (Å²) in [5.74, 6) is 1.59. The number of hydrogen-bond acceptors (Lipinski definition) is 4. The zero-order valence-corrected chi connectivity index (χ0v) is 12.7. The second kappa shape index (κ2) is 5.82. The number of nitrogens with two attached hydrogens (primary N) is 1. The number of anilines is 2. The van der Waals surface area contributed by atoms with Gasteiger partial charge in [-0.25, -0.2) is 0 Å². The molecular weight excluding hydrogens is 258 g/mol. The SMILES string of the molecule is CC1CCC(CNc2cc(N)c(C(=O)N(C)C)s2)C1. The predicted molar refractivity (Wildman–Crippen MR) is 81.7 cm³/mol. The lowest BCUT2D eigenvalue weighted by Crippen LogP contribution is -2.21. The number of amides is 1. The van der Waals surface area contributed by atoms with Crippen LogP contribution in [-0.4, -0.2) is 31.4 Å². The number of nitrogens with zero attached hydrogens (tertiary/aromatic N) is 1. The molecule has 1 heterocycles. The van der Waals surface area contributed by atoms with E-state index >= 15 is 0 Å². The summed E-state index contributed by atoms with van der Waals surface area (Å²) in [4.78, 5) is 14.1. The van der Waals surface area contributed by atoms with Gasteiger partial charge in [0.1, 0.15) is 4.88 Å². The highest BCUT2D eigenvalue weighted by atomic mass is 32.1. The quantitative estimate of drug-likeness (QED) is 0.892. The first-order valence-electron chi connectivity index (χ1n) is 6.82. The van der Waals surface area contributed by atoms with Crippen molar-refractivity contribution < 1.29 is 4.79 Å². The number of rotatable bonds is 4. The first-order chi connectivity index (χ1) is 8.97. The van der Waals surface area contributed by atoms with Crippen LogP contribution in [0.3, 0.4) is 0 Å². The standard InChI is InChI=1S/C14H23N3OS/c1-9-4-5-10(6-9)8-16-12-7-11(15)13(19-12)14(18)17(2)3/h7,9-10,16H,4-6,8,15H2,1-3H3. The molecular formula is C14H23N3OS. The largest absolute Gasteiger partial charge is 0.397 e. The molecule has 1 aromatic rings. The van der Waals surface area contributed by atoms with Crippen molar-refractivity contribution in [2.75, 3.05) is 31.7 Å². The van der Waals surface area contributed by atoms with Gasteiger partial charge in [0.2, 0.25) is 0 Å². The van der Waals surface area contributed by atoms with Crippen molar-refractivity contribution >= 4 is 27.9 Å². The van der Waals surface area contributed by atoms with Gasteiger partial charge in [0.05, 0.1) is 10.7 Å². The van der Waals surface area contributed by atoms with Gasteiger partial charge in [-0.3, -0.25) is 4.79 Å². The Morgan fingerprint density at radius 1 is 1.53 bits per heavy atom. The maximum atomic E-state index is 11.9. The molecule has 0 radical (unpaired) electrons. The third kappa shape index (κ3) is 3.41. The van der Waals surface area contributed by atoms with E-state index in [1.54, 1.807) is 19.0 Å². The number of carbonyl (C=O) groups excluding carboxylic acids is 1. The Labute approximate surface area is 119 Å². The van der Waals surface area contributed by atoms with Gasteiger partial charge in [0.15, 0.2) is 0 Å². The van der Waals surface area contributed by atoms with E-state index in [9.17, 15) is 4.79 Å². The van der Waals surface area contributed by atoms with Gasteiger partial charge in [-0.2, -0.15) is 0 Å². The van der Waals surface area contributed by atoms with E-state index in [2.05, 4.69) is 12.2 Å². The van der Waals surface area contributed by atoms with E-state index < -0.39 is 0 Å². The zero-order chi connectivity index (χ0) is 14.0. The maximum absolute atomic E-state index is 11.9. The predicted octanol–water partition coefficient (Wildman–Crippen LogP) is 2.88. The molecule has 1 saturated carbocycles. The Morgan fingerprint density at radius 3 is 2.84 bits per heavy atom. The Kier molecular flexibility index (Phi) is 4.34. The van der Waals surface area contributed by atoms with Crippen molar-refractivity contribution in [3.63, 3.8) is 0 Å². The minimum absolute atomic E-state index is 0.0231. The van der Waals surface area contributed by atoms with E-state index in [0.717, 1.165) is 23.4 Å². The molecule has 1 amide bonds. The molecule has 2 rings (SSSR count). The lowest BCUT2D eigenvalue weighted by Gasteiger charge is -2.10. The highest BCUT2D eigenvalue weighted by Gasteiger charge is 2.21. The number of nitrogens with one attached hydrogen (secondary N) is 1. The summed E-state index contributed by atoms with van der Waals surface area (Å²) in [6, 6.07) is 1.87. The van der Waals surface area contributed by atoms with Gasteiger partial charge in [0, 0.05) is 20.6 Å². The van der Waals surface area contributed by atoms with Crippen LogP contribution in [-0.2, 0) is 0 Å². The number of nitrogen functional groups attached to an aromatic ring is 1. The van der Waals surface area contributed by atoms with Crippen molar-refractivity contribution in [1.82, 2.24) is 4.90 Å². The van der Waals surface area contributed by atoms with Crippen molar-refractivity contribution in [2.45, 2.75) is 26.2 Å². The molecule has 4 nitrogen and oxygen atoms in total. The van der Waals surface area contributed by atoms with E-state index in [1.165, 1.54) is 30.6 Å². The minimum Gasteiger partial charge on any atom is -0.397 e.